The SMILES string of the molecule is CC1CCN(CC2CCCN(Cc3ccccc3Oc3cccnc3)C2)CC1. The molecule has 150 valence electrons. The zero-order valence-corrected chi connectivity index (χ0v) is 17.1. The highest BCUT2D eigenvalue weighted by molar-refractivity contribution is 5.37. The third kappa shape index (κ3) is 5.33. The number of hydrogen-bond acceptors (Lipinski definition) is 4. The van der Waals surface area contributed by atoms with Crippen molar-refractivity contribution in [2.75, 3.05) is 32.7 Å². The summed E-state index contributed by atoms with van der Waals surface area (Å²) in [7, 11) is 0. The van der Waals surface area contributed by atoms with Gasteiger partial charge in [-0.3, -0.25) is 9.88 Å². The Labute approximate surface area is 169 Å². The molecule has 0 bridgehead atoms. The van der Waals surface area contributed by atoms with Gasteiger partial charge >= 0.3 is 0 Å². The van der Waals surface area contributed by atoms with Crippen molar-refractivity contribution in [1.82, 2.24) is 14.8 Å². The minimum Gasteiger partial charge on any atom is -0.455 e. The second-order valence-corrected chi connectivity index (χ2v) is 8.63. The molecule has 0 radical (unpaired) electrons. The minimum atomic E-state index is 0.797. The van der Waals surface area contributed by atoms with Crippen LogP contribution in [0.15, 0.2) is 48.8 Å². The maximum absolute atomic E-state index is 6.11. The lowest BCUT2D eigenvalue weighted by Gasteiger charge is -2.38. The number of benzene rings is 1. The molecule has 1 atom stereocenters. The van der Waals surface area contributed by atoms with E-state index in [1.165, 1.54) is 64.0 Å². The van der Waals surface area contributed by atoms with Gasteiger partial charge in [0, 0.05) is 31.4 Å². The van der Waals surface area contributed by atoms with Crippen LogP contribution in [-0.4, -0.2) is 47.5 Å². The van der Waals surface area contributed by atoms with Crippen molar-refractivity contribution in [2.24, 2.45) is 11.8 Å². The summed E-state index contributed by atoms with van der Waals surface area (Å²) in [5.74, 6) is 3.46. The first-order valence-electron chi connectivity index (χ1n) is 10.9. The maximum Gasteiger partial charge on any atom is 0.145 e. The van der Waals surface area contributed by atoms with Crippen molar-refractivity contribution in [2.45, 2.75) is 39.2 Å². The molecule has 4 rings (SSSR count). The van der Waals surface area contributed by atoms with Crippen LogP contribution in [-0.2, 0) is 6.54 Å². The van der Waals surface area contributed by atoms with Gasteiger partial charge in [0.1, 0.15) is 11.5 Å². The van der Waals surface area contributed by atoms with E-state index in [9.17, 15) is 0 Å². The summed E-state index contributed by atoms with van der Waals surface area (Å²) in [5.41, 5.74) is 1.26. The predicted octanol–water partition coefficient (Wildman–Crippen LogP) is 4.82. The summed E-state index contributed by atoms with van der Waals surface area (Å²) in [6.45, 7) is 9.60. The number of likely N-dealkylation sites (tertiary alicyclic amines) is 2. The summed E-state index contributed by atoms with van der Waals surface area (Å²) in [4.78, 5) is 9.48. The number of nitrogens with zero attached hydrogens (tertiary/aromatic N) is 3. The number of piperidine rings is 2. The Bertz CT molecular complexity index is 728. The van der Waals surface area contributed by atoms with Crippen LogP contribution in [0.2, 0.25) is 0 Å². The number of aromatic nitrogens is 1. The fourth-order valence-electron chi connectivity index (χ4n) is 4.56. The molecule has 1 aromatic heterocycles. The number of hydrogen-bond donors (Lipinski definition) is 0. The first-order chi connectivity index (χ1) is 13.8. The predicted molar refractivity (Wildman–Crippen MR) is 114 cm³/mol. The lowest BCUT2D eigenvalue weighted by Crippen LogP contribution is -2.43. The molecule has 0 N–H and O–H groups in total. The lowest BCUT2D eigenvalue weighted by atomic mass is 9.94. The fourth-order valence-corrected chi connectivity index (χ4v) is 4.56. The molecular weight excluding hydrogens is 346 g/mol. The monoisotopic (exact) mass is 379 g/mol. The quantitative estimate of drug-likeness (QED) is 0.720. The number of rotatable bonds is 6. The summed E-state index contributed by atoms with van der Waals surface area (Å²) >= 11 is 0. The van der Waals surface area contributed by atoms with E-state index >= 15 is 0 Å². The first kappa shape index (κ1) is 19.4. The molecule has 0 spiro atoms. The summed E-state index contributed by atoms with van der Waals surface area (Å²) in [6.07, 6.45) is 8.96. The summed E-state index contributed by atoms with van der Waals surface area (Å²) < 4.78 is 6.11. The van der Waals surface area contributed by atoms with E-state index in [1.807, 2.05) is 18.2 Å². The van der Waals surface area contributed by atoms with Crippen LogP contribution in [0, 0.1) is 11.8 Å². The van der Waals surface area contributed by atoms with E-state index in [0.29, 0.717) is 0 Å². The van der Waals surface area contributed by atoms with Crippen molar-refractivity contribution in [3.05, 3.63) is 54.4 Å². The summed E-state index contributed by atoms with van der Waals surface area (Å²) in [6, 6.07) is 12.3. The van der Waals surface area contributed by atoms with Crippen LogP contribution in [0.5, 0.6) is 11.5 Å². The van der Waals surface area contributed by atoms with E-state index in [-0.39, 0.29) is 0 Å². The van der Waals surface area contributed by atoms with E-state index in [1.54, 1.807) is 12.4 Å². The topological polar surface area (TPSA) is 28.6 Å². The van der Waals surface area contributed by atoms with E-state index in [4.69, 9.17) is 4.74 Å². The minimum absolute atomic E-state index is 0.797. The Morgan fingerprint density at radius 2 is 1.86 bits per heavy atom. The van der Waals surface area contributed by atoms with Crippen molar-refractivity contribution in [3.63, 3.8) is 0 Å². The zero-order valence-electron chi connectivity index (χ0n) is 17.1. The molecule has 2 aliphatic heterocycles. The first-order valence-corrected chi connectivity index (χ1v) is 10.9. The number of ether oxygens (including phenoxy) is 1. The van der Waals surface area contributed by atoms with Gasteiger partial charge in [0.25, 0.3) is 0 Å². The van der Waals surface area contributed by atoms with Gasteiger partial charge in [-0.2, -0.15) is 0 Å². The molecular formula is C24H33N3O. The molecule has 4 heteroatoms. The van der Waals surface area contributed by atoms with E-state index < -0.39 is 0 Å². The average Bonchev–Trinajstić information content (AvgIpc) is 2.72. The van der Waals surface area contributed by atoms with Crippen LogP contribution in [0.1, 0.15) is 38.2 Å². The molecule has 28 heavy (non-hydrogen) atoms. The number of para-hydroxylation sites is 1. The highest BCUT2D eigenvalue weighted by Crippen LogP contribution is 2.28. The van der Waals surface area contributed by atoms with Crippen LogP contribution in [0.4, 0.5) is 0 Å². The zero-order chi connectivity index (χ0) is 19.2. The molecule has 0 aliphatic carbocycles. The molecule has 2 fully saturated rings. The smallest absolute Gasteiger partial charge is 0.145 e. The van der Waals surface area contributed by atoms with Crippen LogP contribution in [0.25, 0.3) is 0 Å². The van der Waals surface area contributed by atoms with Crippen LogP contribution in [0.3, 0.4) is 0 Å². The van der Waals surface area contributed by atoms with Gasteiger partial charge in [0.2, 0.25) is 0 Å². The van der Waals surface area contributed by atoms with Crippen molar-refractivity contribution in [1.29, 1.82) is 0 Å². The molecule has 2 aliphatic rings. The second-order valence-electron chi connectivity index (χ2n) is 8.63. The Balaban J connectivity index is 1.35. The van der Waals surface area contributed by atoms with Crippen molar-refractivity contribution < 1.29 is 4.74 Å². The van der Waals surface area contributed by atoms with Crippen LogP contribution < -0.4 is 4.74 Å². The Morgan fingerprint density at radius 3 is 2.68 bits per heavy atom. The highest BCUT2D eigenvalue weighted by Gasteiger charge is 2.24. The third-order valence-corrected chi connectivity index (χ3v) is 6.22. The van der Waals surface area contributed by atoms with Crippen LogP contribution >= 0.6 is 0 Å². The third-order valence-electron chi connectivity index (χ3n) is 6.22. The average molecular weight is 380 g/mol. The van der Waals surface area contributed by atoms with Gasteiger partial charge in [0.05, 0.1) is 6.20 Å². The number of pyridine rings is 1. The Hall–Kier alpha value is -1.91. The normalized spacial score (nSPS) is 22.2. The Morgan fingerprint density at radius 1 is 1.00 bits per heavy atom. The largest absolute Gasteiger partial charge is 0.455 e. The second kappa shape index (κ2) is 9.53. The standard InChI is InChI=1S/C24H33N3O/c1-20-10-14-26(15-11-20)17-21-6-5-13-27(18-21)19-22-7-2-3-9-24(22)28-23-8-4-12-25-16-23/h2-4,7-9,12,16,20-21H,5-6,10-11,13-15,17-19H2,1H3. The Kier molecular flexibility index (Phi) is 6.61. The van der Waals surface area contributed by atoms with Gasteiger partial charge in [-0.25, -0.2) is 0 Å². The van der Waals surface area contributed by atoms with Crippen molar-refractivity contribution >= 4 is 0 Å². The van der Waals surface area contributed by atoms with Gasteiger partial charge < -0.3 is 9.64 Å². The van der Waals surface area contributed by atoms with Gasteiger partial charge in [-0.1, -0.05) is 25.1 Å². The van der Waals surface area contributed by atoms with E-state index in [2.05, 4.69) is 39.9 Å². The fraction of sp³-hybridized carbons (Fsp3) is 0.542. The highest BCUT2D eigenvalue weighted by atomic mass is 16.5. The molecule has 0 saturated carbocycles. The molecule has 3 heterocycles. The molecule has 2 saturated heterocycles. The molecule has 0 amide bonds. The summed E-state index contributed by atoms with van der Waals surface area (Å²) in [5, 5.41) is 0. The van der Waals surface area contributed by atoms with Gasteiger partial charge in [-0.15, -0.1) is 0 Å². The molecule has 1 aromatic carbocycles. The van der Waals surface area contributed by atoms with Gasteiger partial charge in [0.15, 0.2) is 0 Å². The van der Waals surface area contributed by atoms with Gasteiger partial charge in [-0.05, 0) is 75.4 Å². The van der Waals surface area contributed by atoms with Crippen molar-refractivity contribution in [3.8, 4) is 11.5 Å². The lowest BCUT2D eigenvalue weighted by molar-refractivity contribution is 0.108. The molecule has 1 unspecified atom stereocenters. The maximum atomic E-state index is 6.11. The van der Waals surface area contributed by atoms with E-state index in [0.717, 1.165) is 29.9 Å². The molecule has 2 aromatic rings. The molecule has 4 nitrogen and oxygen atoms in total.